The van der Waals surface area contributed by atoms with Crippen LogP contribution in [0.1, 0.15) is 68.8 Å². The van der Waals surface area contributed by atoms with Crippen LogP contribution >= 0.6 is 0 Å². The lowest BCUT2D eigenvalue weighted by molar-refractivity contribution is -0.136. The standard InChI is InChI=1S/C33H40N4O4/c1-33(2,3)27-12-16-29(17-13-27)37(22-23-6-8-25(9-7-23)31(40)35-20-18-30(38)39)32(41)36-28-14-10-24(11-15-28)26-5-4-19-34-21-26/h4-11,14-15,19,21,27,29H,12-13,16-18,20,22H2,1-3H3,(H,35,40)(H,36,41)(H,38,39). The van der Waals surface area contributed by atoms with Crippen molar-refractivity contribution in [1.29, 1.82) is 0 Å². The summed E-state index contributed by atoms with van der Waals surface area (Å²) in [6.45, 7) is 7.36. The number of carbonyl (C=O) groups excluding carboxylic acids is 2. The first kappa shape index (κ1) is 29.8. The third-order valence-corrected chi connectivity index (χ3v) is 7.95. The van der Waals surface area contributed by atoms with Gasteiger partial charge in [0, 0.05) is 42.8 Å². The Morgan fingerprint density at radius 3 is 2.20 bits per heavy atom. The number of carboxylic acids is 1. The molecule has 0 atom stereocenters. The lowest BCUT2D eigenvalue weighted by Gasteiger charge is -2.41. The van der Waals surface area contributed by atoms with E-state index in [9.17, 15) is 14.4 Å². The van der Waals surface area contributed by atoms with E-state index in [1.54, 1.807) is 18.3 Å². The summed E-state index contributed by atoms with van der Waals surface area (Å²) in [5.41, 5.74) is 4.39. The van der Waals surface area contributed by atoms with Crippen molar-refractivity contribution in [3.05, 3.63) is 84.2 Å². The molecule has 1 heterocycles. The molecule has 0 spiro atoms. The van der Waals surface area contributed by atoms with Crippen molar-refractivity contribution < 1.29 is 19.5 Å². The summed E-state index contributed by atoms with van der Waals surface area (Å²) >= 11 is 0. The molecule has 0 unspecified atom stereocenters. The third-order valence-electron chi connectivity index (χ3n) is 7.95. The van der Waals surface area contributed by atoms with Crippen molar-refractivity contribution in [2.24, 2.45) is 11.3 Å². The fourth-order valence-electron chi connectivity index (χ4n) is 5.44. The molecule has 0 bridgehead atoms. The molecule has 0 saturated heterocycles. The van der Waals surface area contributed by atoms with E-state index in [1.165, 1.54) is 0 Å². The minimum Gasteiger partial charge on any atom is -0.481 e. The molecule has 8 heteroatoms. The van der Waals surface area contributed by atoms with Crippen LogP contribution in [-0.4, -0.2) is 45.5 Å². The largest absolute Gasteiger partial charge is 0.481 e. The summed E-state index contributed by atoms with van der Waals surface area (Å²) in [6.07, 6.45) is 7.47. The predicted octanol–water partition coefficient (Wildman–Crippen LogP) is 6.59. The van der Waals surface area contributed by atoms with Crippen molar-refractivity contribution in [1.82, 2.24) is 15.2 Å². The summed E-state index contributed by atoms with van der Waals surface area (Å²) in [7, 11) is 0. The lowest BCUT2D eigenvalue weighted by Crippen LogP contribution is -2.45. The minimum absolute atomic E-state index is 0.0737. The topological polar surface area (TPSA) is 112 Å². The van der Waals surface area contributed by atoms with Gasteiger partial charge in [0.25, 0.3) is 5.91 Å². The van der Waals surface area contributed by atoms with Gasteiger partial charge in [-0.15, -0.1) is 0 Å². The Morgan fingerprint density at radius 1 is 0.927 bits per heavy atom. The SMILES string of the molecule is CC(C)(C)C1CCC(N(Cc2ccc(C(=O)NCCC(=O)O)cc2)C(=O)Nc2ccc(-c3cccnc3)cc2)CC1. The van der Waals surface area contributed by atoms with E-state index < -0.39 is 5.97 Å². The van der Waals surface area contributed by atoms with Crippen LogP contribution in [0, 0.1) is 11.3 Å². The Balaban J connectivity index is 1.46. The Kier molecular flexibility index (Phi) is 9.76. The highest BCUT2D eigenvalue weighted by molar-refractivity contribution is 5.94. The van der Waals surface area contributed by atoms with Crippen LogP contribution in [0.15, 0.2) is 73.1 Å². The average molecular weight is 557 g/mol. The van der Waals surface area contributed by atoms with Gasteiger partial charge in [0.1, 0.15) is 0 Å². The highest BCUT2D eigenvalue weighted by Gasteiger charge is 2.33. The van der Waals surface area contributed by atoms with Gasteiger partial charge in [-0.05, 0) is 84.0 Å². The monoisotopic (exact) mass is 556 g/mol. The second-order valence-electron chi connectivity index (χ2n) is 11.8. The van der Waals surface area contributed by atoms with Gasteiger partial charge in [0.05, 0.1) is 6.42 Å². The van der Waals surface area contributed by atoms with Gasteiger partial charge in [-0.3, -0.25) is 14.6 Å². The molecule has 8 nitrogen and oxygen atoms in total. The van der Waals surface area contributed by atoms with Crippen LogP contribution in [0.25, 0.3) is 11.1 Å². The van der Waals surface area contributed by atoms with E-state index in [1.807, 2.05) is 59.6 Å². The van der Waals surface area contributed by atoms with Gasteiger partial charge in [0.15, 0.2) is 0 Å². The van der Waals surface area contributed by atoms with Crippen molar-refractivity contribution in [2.45, 2.75) is 65.5 Å². The van der Waals surface area contributed by atoms with Crippen molar-refractivity contribution >= 4 is 23.6 Å². The first-order chi connectivity index (χ1) is 19.6. The number of anilines is 1. The molecule has 1 aliphatic rings. The second kappa shape index (κ2) is 13.4. The molecule has 1 aromatic heterocycles. The van der Waals surface area contributed by atoms with Gasteiger partial charge in [-0.2, -0.15) is 0 Å². The number of amides is 3. The highest BCUT2D eigenvalue weighted by Crippen LogP contribution is 2.39. The van der Waals surface area contributed by atoms with E-state index in [4.69, 9.17) is 5.11 Å². The molecule has 0 aliphatic heterocycles. The van der Waals surface area contributed by atoms with Crippen LogP contribution in [0.5, 0.6) is 0 Å². The number of hydrogen-bond acceptors (Lipinski definition) is 4. The Labute approximate surface area is 242 Å². The zero-order chi connectivity index (χ0) is 29.4. The van der Waals surface area contributed by atoms with Gasteiger partial charge < -0.3 is 20.6 Å². The molecule has 216 valence electrons. The summed E-state index contributed by atoms with van der Waals surface area (Å²) in [6, 6.07) is 18.8. The maximum absolute atomic E-state index is 13.7. The van der Waals surface area contributed by atoms with Gasteiger partial charge in [-0.25, -0.2) is 4.79 Å². The second-order valence-corrected chi connectivity index (χ2v) is 11.8. The summed E-state index contributed by atoms with van der Waals surface area (Å²) in [4.78, 5) is 42.9. The first-order valence-electron chi connectivity index (χ1n) is 14.3. The molecule has 1 fully saturated rings. The number of aromatic nitrogens is 1. The smallest absolute Gasteiger partial charge is 0.322 e. The zero-order valence-electron chi connectivity index (χ0n) is 24.1. The highest BCUT2D eigenvalue weighted by atomic mass is 16.4. The molecular formula is C33H40N4O4. The third kappa shape index (κ3) is 8.39. The summed E-state index contributed by atoms with van der Waals surface area (Å²) in [5.74, 6) is -0.648. The number of carboxylic acid groups (broad SMARTS) is 1. The van der Waals surface area contributed by atoms with Crippen molar-refractivity contribution in [3.8, 4) is 11.1 Å². The first-order valence-corrected chi connectivity index (χ1v) is 14.3. The van der Waals surface area contributed by atoms with Crippen molar-refractivity contribution in [3.63, 3.8) is 0 Å². The van der Waals surface area contributed by atoms with Crippen LogP contribution in [0.4, 0.5) is 10.5 Å². The molecule has 4 rings (SSSR count). The quantitative estimate of drug-likeness (QED) is 0.275. The fourth-order valence-corrected chi connectivity index (χ4v) is 5.44. The number of aliphatic carboxylic acids is 1. The van der Waals surface area contributed by atoms with Crippen LogP contribution in [-0.2, 0) is 11.3 Å². The molecule has 3 aromatic rings. The van der Waals surface area contributed by atoms with E-state index >= 15 is 0 Å². The van der Waals surface area contributed by atoms with Crippen molar-refractivity contribution in [2.75, 3.05) is 11.9 Å². The summed E-state index contributed by atoms with van der Waals surface area (Å²) < 4.78 is 0. The normalized spacial score (nSPS) is 17.0. The van der Waals surface area contributed by atoms with E-state index in [2.05, 4.69) is 36.4 Å². The average Bonchev–Trinajstić information content (AvgIpc) is 2.96. The van der Waals surface area contributed by atoms with Crippen LogP contribution in [0.2, 0.25) is 0 Å². The maximum atomic E-state index is 13.7. The molecule has 3 N–H and O–H groups in total. The molecule has 0 radical (unpaired) electrons. The number of nitrogens with zero attached hydrogens (tertiary/aromatic N) is 2. The Hall–Kier alpha value is -4.20. The molecule has 3 amide bonds. The van der Waals surface area contributed by atoms with Crippen LogP contribution < -0.4 is 10.6 Å². The van der Waals surface area contributed by atoms with E-state index in [-0.39, 0.29) is 36.4 Å². The van der Waals surface area contributed by atoms with Gasteiger partial charge in [0.2, 0.25) is 0 Å². The van der Waals surface area contributed by atoms with Gasteiger partial charge >= 0.3 is 12.0 Å². The number of benzene rings is 2. The predicted molar refractivity (Wildman–Crippen MR) is 160 cm³/mol. The number of urea groups is 1. The number of nitrogens with one attached hydrogen (secondary N) is 2. The zero-order valence-corrected chi connectivity index (χ0v) is 24.1. The number of hydrogen-bond donors (Lipinski definition) is 3. The Morgan fingerprint density at radius 2 is 1.61 bits per heavy atom. The molecule has 1 saturated carbocycles. The number of rotatable bonds is 9. The number of carbonyl (C=O) groups is 3. The maximum Gasteiger partial charge on any atom is 0.322 e. The van der Waals surface area contributed by atoms with E-state index in [0.717, 1.165) is 48.1 Å². The lowest BCUT2D eigenvalue weighted by atomic mass is 9.71. The minimum atomic E-state index is -0.958. The number of pyridine rings is 1. The van der Waals surface area contributed by atoms with Gasteiger partial charge in [-0.1, -0.05) is 51.1 Å². The summed E-state index contributed by atoms with van der Waals surface area (Å²) in [5, 5.41) is 14.5. The molecular weight excluding hydrogens is 516 g/mol. The van der Waals surface area contributed by atoms with E-state index in [0.29, 0.717) is 18.0 Å². The Bertz CT molecular complexity index is 1310. The molecule has 1 aliphatic carbocycles. The molecule has 2 aromatic carbocycles. The molecule has 41 heavy (non-hydrogen) atoms. The fraction of sp³-hybridized carbons (Fsp3) is 0.394. The van der Waals surface area contributed by atoms with Crippen LogP contribution in [0.3, 0.4) is 0 Å².